The zero-order valence-electron chi connectivity index (χ0n) is 15.5. The Morgan fingerprint density at radius 3 is 2.81 bits per heavy atom. The Balaban J connectivity index is 1.73. The predicted molar refractivity (Wildman–Crippen MR) is 103 cm³/mol. The minimum Gasteiger partial charge on any atom is -0.379 e. The van der Waals surface area contributed by atoms with Crippen LogP contribution in [0, 0.1) is 0 Å². The van der Waals surface area contributed by atoms with Crippen molar-refractivity contribution in [2.45, 2.75) is 30.7 Å². The van der Waals surface area contributed by atoms with E-state index in [4.69, 9.17) is 16.3 Å². The molecular formula is C18H27ClN3O4S+. The standard InChI is InChI=1S/C18H26ClN3O4S/c1-2-21-7-3-4-15(21)13-20-18(23)14-5-6-16(19)17(12-14)27(24,25)22-8-10-26-11-9-22/h5-6,12,15H,2-4,7-11,13H2,1H3,(H,20,23)/p+1/t15-/m0/s1. The molecule has 2 saturated heterocycles. The van der Waals surface area contributed by atoms with Crippen molar-refractivity contribution in [3.63, 3.8) is 0 Å². The fraction of sp³-hybridized carbons (Fsp3) is 0.611. The summed E-state index contributed by atoms with van der Waals surface area (Å²) in [5.41, 5.74) is 0.308. The van der Waals surface area contributed by atoms with Crippen LogP contribution in [-0.4, -0.2) is 70.6 Å². The minimum absolute atomic E-state index is 0.0274. The van der Waals surface area contributed by atoms with Gasteiger partial charge in [0.25, 0.3) is 5.91 Å². The number of carbonyl (C=O) groups is 1. The van der Waals surface area contributed by atoms with Gasteiger partial charge in [0.05, 0.1) is 37.9 Å². The molecule has 1 unspecified atom stereocenters. The number of halogens is 1. The molecule has 2 atom stereocenters. The summed E-state index contributed by atoms with van der Waals surface area (Å²) in [6.45, 7) is 6.21. The second kappa shape index (κ2) is 8.87. The maximum atomic E-state index is 12.9. The van der Waals surface area contributed by atoms with E-state index in [-0.39, 0.29) is 28.9 Å². The number of nitrogens with one attached hydrogen (secondary N) is 2. The Hall–Kier alpha value is -1.19. The maximum absolute atomic E-state index is 12.9. The van der Waals surface area contributed by atoms with Crippen molar-refractivity contribution < 1.29 is 22.8 Å². The highest BCUT2D eigenvalue weighted by atomic mass is 35.5. The van der Waals surface area contributed by atoms with Crippen molar-refractivity contribution in [1.29, 1.82) is 0 Å². The first-order chi connectivity index (χ1) is 12.9. The summed E-state index contributed by atoms with van der Waals surface area (Å²) in [6.07, 6.45) is 2.27. The highest BCUT2D eigenvalue weighted by Gasteiger charge is 2.30. The van der Waals surface area contributed by atoms with Crippen LogP contribution in [0.2, 0.25) is 5.02 Å². The van der Waals surface area contributed by atoms with Crippen molar-refractivity contribution in [2.75, 3.05) is 45.9 Å². The van der Waals surface area contributed by atoms with E-state index in [1.807, 2.05) is 0 Å². The molecule has 1 aromatic rings. The van der Waals surface area contributed by atoms with Crippen LogP contribution in [-0.2, 0) is 14.8 Å². The second-order valence-corrected chi connectivity index (χ2v) is 9.29. The van der Waals surface area contributed by atoms with Crippen molar-refractivity contribution in [3.8, 4) is 0 Å². The van der Waals surface area contributed by atoms with Crippen LogP contribution in [0.25, 0.3) is 0 Å². The van der Waals surface area contributed by atoms with Gasteiger partial charge in [-0.15, -0.1) is 0 Å². The molecule has 0 spiro atoms. The molecule has 150 valence electrons. The largest absolute Gasteiger partial charge is 0.379 e. The van der Waals surface area contributed by atoms with Crippen LogP contribution in [0.15, 0.2) is 23.1 Å². The smallest absolute Gasteiger partial charge is 0.251 e. The predicted octanol–water partition coefficient (Wildman–Crippen LogP) is 0.158. The van der Waals surface area contributed by atoms with Crippen LogP contribution in [0.5, 0.6) is 0 Å². The molecule has 2 aliphatic heterocycles. The van der Waals surface area contributed by atoms with E-state index in [0.717, 1.165) is 19.5 Å². The van der Waals surface area contributed by atoms with Gasteiger partial charge in [0.2, 0.25) is 10.0 Å². The molecule has 2 N–H and O–H groups in total. The summed E-state index contributed by atoms with van der Waals surface area (Å²) >= 11 is 6.15. The van der Waals surface area contributed by atoms with Crippen molar-refractivity contribution in [1.82, 2.24) is 9.62 Å². The lowest BCUT2D eigenvalue weighted by molar-refractivity contribution is -0.909. The Labute approximate surface area is 165 Å². The Bertz CT molecular complexity index is 781. The Kier molecular flexibility index (Phi) is 6.75. The molecule has 27 heavy (non-hydrogen) atoms. The monoisotopic (exact) mass is 416 g/mol. The van der Waals surface area contributed by atoms with E-state index in [9.17, 15) is 13.2 Å². The zero-order valence-corrected chi connectivity index (χ0v) is 17.1. The van der Waals surface area contributed by atoms with Gasteiger partial charge in [-0.25, -0.2) is 8.42 Å². The number of amides is 1. The fourth-order valence-electron chi connectivity index (χ4n) is 3.78. The number of benzene rings is 1. The molecule has 0 bridgehead atoms. The third-order valence-corrected chi connectivity index (χ3v) is 7.75. The number of nitrogens with zero attached hydrogens (tertiary/aromatic N) is 1. The second-order valence-electron chi connectivity index (χ2n) is 6.97. The number of likely N-dealkylation sites (N-methyl/N-ethyl adjacent to an activating group) is 1. The number of hydrogen-bond acceptors (Lipinski definition) is 4. The third kappa shape index (κ3) is 4.63. The molecule has 0 radical (unpaired) electrons. The number of sulfonamides is 1. The van der Waals surface area contributed by atoms with Gasteiger partial charge in [-0.2, -0.15) is 4.31 Å². The van der Waals surface area contributed by atoms with Crippen LogP contribution in [0.3, 0.4) is 0 Å². The van der Waals surface area contributed by atoms with Gasteiger partial charge in [0.15, 0.2) is 0 Å². The molecule has 1 amide bonds. The van der Waals surface area contributed by atoms with E-state index in [1.54, 1.807) is 6.07 Å². The van der Waals surface area contributed by atoms with Crippen molar-refractivity contribution >= 4 is 27.5 Å². The number of carbonyl (C=O) groups excluding carboxylic acids is 1. The Morgan fingerprint density at radius 1 is 1.37 bits per heavy atom. The third-order valence-electron chi connectivity index (χ3n) is 5.37. The topological polar surface area (TPSA) is 80.2 Å². The number of ether oxygens (including phenoxy) is 1. The van der Waals surface area contributed by atoms with E-state index in [2.05, 4.69) is 12.2 Å². The van der Waals surface area contributed by atoms with Crippen molar-refractivity contribution in [2.24, 2.45) is 0 Å². The summed E-state index contributed by atoms with van der Waals surface area (Å²) in [5, 5.41) is 3.07. The number of rotatable bonds is 6. The highest BCUT2D eigenvalue weighted by molar-refractivity contribution is 7.89. The molecule has 0 saturated carbocycles. The number of morpholine rings is 1. The molecule has 2 aliphatic rings. The molecule has 0 aromatic heterocycles. The summed E-state index contributed by atoms with van der Waals surface area (Å²) < 4.78 is 32.3. The SMILES string of the molecule is CC[NH+]1CCC[C@H]1CNC(=O)c1ccc(Cl)c(S(=O)(=O)N2CCOCC2)c1. The summed E-state index contributed by atoms with van der Waals surface area (Å²) in [6, 6.07) is 4.84. The van der Waals surface area contributed by atoms with Gasteiger partial charge in [-0.05, 0) is 25.1 Å². The van der Waals surface area contributed by atoms with Gasteiger partial charge >= 0.3 is 0 Å². The first-order valence-electron chi connectivity index (χ1n) is 9.43. The van der Waals surface area contributed by atoms with E-state index < -0.39 is 10.0 Å². The lowest BCUT2D eigenvalue weighted by atomic mass is 10.2. The zero-order chi connectivity index (χ0) is 19.4. The number of quaternary nitrogens is 1. The summed E-state index contributed by atoms with van der Waals surface area (Å²) in [7, 11) is -3.75. The van der Waals surface area contributed by atoms with Crippen molar-refractivity contribution in [3.05, 3.63) is 28.8 Å². The number of likely N-dealkylation sites (tertiary alicyclic amines) is 1. The molecule has 2 heterocycles. The molecule has 3 rings (SSSR count). The molecule has 9 heteroatoms. The first kappa shape index (κ1) is 20.5. The quantitative estimate of drug-likeness (QED) is 0.692. The van der Waals surface area contributed by atoms with Gasteiger partial charge in [-0.1, -0.05) is 11.6 Å². The van der Waals surface area contributed by atoms with Crippen LogP contribution in [0.1, 0.15) is 30.1 Å². The van der Waals surface area contributed by atoms with Gasteiger partial charge in [0, 0.05) is 31.5 Å². The van der Waals surface area contributed by atoms with Crippen LogP contribution < -0.4 is 10.2 Å². The lowest BCUT2D eigenvalue weighted by Crippen LogP contribution is -3.14. The normalized spacial score (nSPS) is 24.1. The van der Waals surface area contributed by atoms with Gasteiger partial charge < -0.3 is 15.0 Å². The lowest BCUT2D eigenvalue weighted by Gasteiger charge is -2.26. The molecule has 7 nitrogen and oxygen atoms in total. The average Bonchev–Trinajstić information content (AvgIpc) is 3.14. The molecule has 1 aromatic carbocycles. The summed E-state index contributed by atoms with van der Waals surface area (Å²) in [4.78, 5) is 14.0. The highest BCUT2D eigenvalue weighted by Crippen LogP contribution is 2.26. The fourth-order valence-corrected chi connectivity index (χ4v) is 5.69. The van der Waals surface area contributed by atoms with E-state index >= 15 is 0 Å². The number of hydrogen-bond donors (Lipinski definition) is 2. The molecular weight excluding hydrogens is 390 g/mol. The van der Waals surface area contributed by atoms with Gasteiger partial charge in [0.1, 0.15) is 10.9 Å². The first-order valence-corrected chi connectivity index (χ1v) is 11.3. The molecule has 2 fully saturated rings. The minimum atomic E-state index is -3.75. The average molecular weight is 417 g/mol. The molecule has 0 aliphatic carbocycles. The Morgan fingerprint density at radius 2 is 2.11 bits per heavy atom. The van der Waals surface area contributed by atoms with Gasteiger partial charge in [-0.3, -0.25) is 4.79 Å². The van der Waals surface area contributed by atoms with E-state index in [1.165, 1.54) is 27.8 Å². The van der Waals surface area contributed by atoms with Crippen LogP contribution >= 0.6 is 11.6 Å². The maximum Gasteiger partial charge on any atom is 0.251 e. The van der Waals surface area contributed by atoms with Crippen LogP contribution in [0.4, 0.5) is 0 Å². The summed E-state index contributed by atoms with van der Waals surface area (Å²) in [5.74, 6) is -0.271. The van der Waals surface area contributed by atoms with E-state index in [0.29, 0.717) is 31.4 Å².